The Morgan fingerprint density at radius 1 is 1.19 bits per heavy atom. The molecule has 3 nitrogen and oxygen atoms in total. The van der Waals surface area contributed by atoms with Crippen LogP contribution in [0.3, 0.4) is 0 Å². The van der Waals surface area contributed by atoms with Crippen LogP contribution in [-0.4, -0.2) is 13.1 Å². The molecule has 0 aromatic heterocycles. The van der Waals surface area contributed by atoms with Crippen LogP contribution in [0.2, 0.25) is 5.02 Å². The molecule has 1 unspecified atom stereocenters. The van der Waals surface area contributed by atoms with E-state index in [1.165, 1.54) is 7.11 Å². The van der Waals surface area contributed by atoms with Crippen LogP contribution in [-0.2, 0) is 16.0 Å². The molecule has 0 radical (unpaired) electrons. The lowest BCUT2D eigenvalue weighted by atomic mass is 10.1. The van der Waals surface area contributed by atoms with E-state index in [2.05, 4.69) is 0 Å². The minimum atomic E-state index is -0.290. The maximum absolute atomic E-state index is 11.4. The summed E-state index contributed by atoms with van der Waals surface area (Å²) in [6, 6.07) is 15.0. The number of carbonyl (C=O) groups is 1. The lowest BCUT2D eigenvalue weighted by Gasteiger charge is -2.17. The molecule has 2 aromatic carbocycles. The minimum absolute atomic E-state index is 0.164. The van der Waals surface area contributed by atoms with E-state index in [4.69, 9.17) is 21.1 Å². The molecule has 0 N–H and O–H groups in total. The van der Waals surface area contributed by atoms with Crippen LogP contribution in [0.25, 0.3) is 0 Å². The van der Waals surface area contributed by atoms with E-state index >= 15 is 0 Å². The molecule has 2 rings (SSSR count). The van der Waals surface area contributed by atoms with Crippen molar-refractivity contribution >= 4 is 17.6 Å². The second-order valence-corrected chi connectivity index (χ2v) is 5.11. The first-order valence-corrected chi connectivity index (χ1v) is 7.05. The van der Waals surface area contributed by atoms with Crippen LogP contribution in [0.4, 0.5) is 0 Å². The Hall–Kier alpha value is -2.00. The van der Waals surface area contributed by atoms with Crippen molar-refractivity contribution in [2.45, 2.75) is 19.4 Å². The van der Waals surface area contributed by atoms with Gasteiger partial charge >= 0.3 is 5.97 Å². The number of carbonyl (C=O) groups excluding carboxylic acids is 1. The van der Waals surface area contributed by atoms with E-state index in [0.29, 0.717) is 10.8 Å². The van der Waals surface area contributed by atoms with Gasteiger partial charge in [0.15, 0.2) is 0 Å². The first kappa shape index (κ1) is 15.4. The number of esters is 1. The number of para-hydroxylation sites is 1. The van der Waals surface area contributed by atoms with Gasteiger partial charge in [-0.05, 0) is 30.7 Å². The van der Waals surface area contributed by atoms with Crippen molar-refractivity contribution in [2.24, 2.45) is 0 Å². The molecule has 0 saturated heterocycles. The highest BCUT2D eigenvalue weighted by molar-refractivity contribution is 6.30. The van der Waals surface area contributed by atoms with Gasteiger partial charge in [-0.1, -0.05) is 41.9 Å². The van der Waals surface area contributed by atoms with Crippen molar-refractivity contribution in [1.82, 2.24) is 0 Å². The molecular weight excluding hydrogens is 288 g/mol. The molecule has 0 aliphatic heterocycles. The summed E-state index contributed by atoms with van der Waals surface area (Å²) in [6.07, 6.45) is 0.0251. The van der Waals surface area contributed by atoms with Crippen LogP contribution in [0.5, 0.6) is 5.75 Å². The second-order valence-electron chi connectivity index (χ2n) is 4.68. The summed E-state index contributed by atoms with van der Waals surface area (Å²) in [5, 5.41) is 0.672. The Morgan fingerprint density at radius 3 is 2.67 bits per heavy atom. The van der Waals surface area contributed by atoms with Gasteiger partial charge in [-0.2, -0.15) is 0 Å². The summed E-state index contributed by atoms with van der Waals surface area (Å²) in [7, 11) is 1.38. The second kappa shape index (κ2) is 7.14. The smallest absolute Gasteiger partial charge is 0.310 e. The van der Waals surface area contributed by atoms with E-state index in [-0.39, 0.29) is 18.5 Å². The Morgan fingerprint density at radius 2 is 1.95 bits per heavy atom. The third-order valence-corrected chi connectivity index (χ3v) is 3.39. The Balaban J connectivity index is 2.17. The van der Waals surface area contributed by atoms with Crippen molar-refractivity contribution in [1.29, 1.82) is 0 Å². The average Bonchev–Trinajstić information content (AvgIpc) is 2.49. The third-order valence-electron chi connectivity index (χ3n) is 3.16. The number of hydrogen-bond acceptors (Lipinski definition) is 3. The Kier molecular flexibility index (Phi) is 5.23. The van der Waals surface area contributed by atoms with Gasteiger partial charge in [-0.25, -0.2) is 0 Å². The maximum atomic E-state index is 11.4. The first-order valence-electron chi connectivity index (χ1n) is 6.67. The standard InChI is InChI=1S/C17H17ClO3/c1-12(13-7-5-8-15(18)10-13)21-16-9-4-3-6-14(16)11-17(19)20-2/h3-10,12H,11H2,1-2H3. The monoisotopic (exact) mass is 304 g/mol. The van der Waals surface area contributed by atoms with Crippen LogP contribution in [0, 0.1) is 0 Å². The Labute approximate surface area is 129 Å². The van der Waals surface area contributed by atoms with Gasteiger partial charge in [0.05, 0.1) is 13.5 Å². The predicted molar refractivity (Wildman–Crippen MR) is 82.7 cm³/mol. The van der Waals surface area contributed by atoms with Crippen molar-refractivity contribution in [3.63, 3.8) is 0 Å². The number of rotatable bonds is 5. The van der Waals surface area contributed by atoms with Gasteiger partial charge in [0.25, 0.3) is 0 Å². The number of ether oxygens (including phenoxy) is 2. The fourth-order valence-electron chi connectivity index (χ4n) is 2.01. The first-order chi connectivity index (χ1) is 10.1. The molecule has 110 valence electrons. The predicted octanol–water partition coefficient (Wildman–Crippen LogP) is 4.20. The molecule has 1 atom stereocenters. The molecule has 0 aliphatic rings. The van der Waals surface area contributed by atoms with Crippen LogP contribution in [0.15, 0.2) is 48.5 Å². The van der Waals surface area contributed by atoms with Crippen molar-refractivity contribution in [3.05, 3.63) is 64.7 Å². The molecule has 2 aromatic rings. The number of halogens is 1. The topological polar surface area (TPSA) is 35.5 Å². The van der Waals surface area contributed by atoms with Gasteiger partial charge in [-0.15, -0.1) is 0 Å². The van der Waals surface area contributed by atoms with Crippen molar-refractivity contribution in [2.75, 3.05) is 7.11 Å². The summed E-state index contributed by atoms with van der Waals surface area (Å²) in [4.78, 5) is 11.4. The van der Waals surface area contributed by atoms with Crippen molar-refractivity contribution in [3.8, 4) is 5.75 Å². The molecule has 0 fully saturated rings. The van der Waals surface area contributed by atoms with Gasteiger partial charge in [0, 0.05) is 10.6 Å². The van der Waals surface area contributed by atoms with Crippen LogP contribution in [0.1, 0.15) is 24.2 Å². The SMILES string of the molecule is COC(=O)Cc1ccccc1OC(C)c1cccc(Cl)c1. The van der Waals surface area contributed by atoms with E-state index < -0.39 is 0 Å². The largest absolute Gasteiger partial charge is 0.486 e. The molecule has 0 heterocycles. The molecule has 4 heteroatoms. The van der Waals surface area contributed by atoms with Crippen LogP contribution >= 0.6 is 11.6 Å². The maximum Gasteiger partial charge on any atom is 0.310 e. The number of hydrogen-bond donors (Lipinski definition) is 0. The minimum Gasteiger partial charge on any atom is -0.486 e. The average molecular weight is 305 g/mol. The zero-order valence-electron chi connectivity index (χ0n) is 12.0. The number of benzene rings is 2. The lowest BCUT2D eigenvalue weighted by molar-refractivity contribution is -0.139. The molecule has 0 aliphatic carbocycles. The zero-order chi connectivity index (χ0) is 15.2. The molecule has 0 bridgehead atoms. The van der Waals surface area contributed by atoms with E-state index in [1.807, 2.05) is 55.5 Å². The van der Waals surface area contributed by atoms with Crippen LogP contribution < -0.4 is 4.74 Å². The van der Waals surface area contributed by atoms with E-state index in [0.717, 1.165) is 11.1 Å². The molecule has 0 spiro atoms. The summed E-state index contributed by atoms with van der Waals surface area (Å²) in [5.41, 5.74) is 1.79. The molecule has 0 saturated carbocycles. The number of methoxy groups -OCH3 is 1. The summed E-state index contributed by atoms with van der Waals surface area (Å²) in [5.74, 6) is 0.386. The van der Waals surface area contributed by atoms with Gasteiger partial charge in [0.2, 0.25) is 0 Å². The fourth-order valence-corrected chi connectivity index (χ4v) is 2.21. The normalized spacial score (nSPS) is 11.8. The van der Waals surface area contributed by atoms with E-state index in [1.54, 1.807) is 0 Å². The zero-order valence-corrected chi connectivity index (χ0v) is 12.8. The van der Waals surface area contributed by atoms with Gasteiger partial charge in [-0.3, -0.25) is 4.79 Å². The third kappa shape index (κ3) is 4.23. The summed E-state index contributed by atoms with van der Waals surface area (Å²) >= 11 is 5.99. The highest BCUT2D eigenvalue weighted by Crippen LogP contribution is 2.26. The highest BCUT2D eigenvalue weighted by atomic mass is 35.5. The Bertz CT molecular complexity index is 625. The quantitative estimate of drug-likeness (QED) is 0.777. The molecular formula is C17H17ClO3. The lowest BCUT2D eigenvalue weighted by Crippen LogP contribution is -2.09. The summed E-state index contributed by atoms with van der Waals surface area (Å²) in [6.45, 7) is 1.95. The molecule has 0 amide bonds. The summed E-state index contributed by atoms with van der Waals surface area (Å²) < 4.78 is 10.7. The van der Waals surface area contributed by atoms with Crippen molar-refractivity contribution < 1.29 is 14.3 Å². The van der Waals surface area contributed by atoms with Gasteiger partial charge < -0.3 is 9.47 Å². The molecule has 21 heavy (non-hydrogen) atoms. The van der Waals surface area contributed by atoms with E-state index in [9.17, 15) is 4.79 Å². The highest BCUT2D eigenvalue weighted by Gasteiger charge is 2.13. The van der Waals surface area contributed by atoms with Gasteiger partial charge in [0.1, 0.15) is 11.9 Å². The fraction of sp³-hybridized carbons (Fsp3) is 0.235.